The van der Waals surface area contributed by atoms with Gasteiger partial charge in [0.1, 0.15) is 0 Å². The van der Waals surface area contributed by atoms with Crippen LogP contribution in [0.15, 0.2) is 5.11 Å². The number of carbonyl (C=O) groups excluding carboxylic acids is 1. The van der Waals surface area contributed by atoms with Crippen molar-refractivity contribution in [3.05, 3.63) is 10.4 Å². The third kappa shape index (κ3) is 4.58. The Morgan fingerprint density at radius 3 is 3.00 bits per heavy atom. The molecule has 2 N–H and O–H groups in total. The molecule has 0 unspecified atom stereocenters. The van der Waals surface area contributed by atoms with Gasteiger partial charge in [-0.1, -0.05) is 5.11 Å². The maximum Gasteiger partial charge on any atom is 0.404 e. The van der Waals surface area contributed by atoms with E-state index in [1.54, 1.807) is 0 Å². The van der Waals surface area contributed by atoms with E-state index < -0.39 is 6.09 Å². The quantitative estimate of drug-likeness (QED) is 0.319. The second-order valence-corrected chi connectivity index (χ2v) is 0.823. The van der Waals surface area contributed by atoms with E-state index in [0.29, 0.717) is 0 Å². The van der Waals surface area contributed by atoms with Crippen molar-refractivity contribution in [1.29, 1.82) is 0 Å². The van der Waals surface area contributed by atoms with Crippen LogP contribution in [0.3, 0.4) is 0 Å². The van der Waals surface area contributed by atoms with E-state index in [4.69, 9.17) is 5.53 Å². The number of ether oxygens (including phenoxy) is 1. The van der Waals surface area contributed by atoms with Crippen molar-refractivity contribution in [2.75, 3.05) is 6.73 Å². The van der Waals surface area contributed by atoms with Crippen molar-refractivity contribution in [3.8, 4) is 0 Å². The molecule has 6 heteroatoms. The van der Waals surface area contributed by atoms with Gasteiger partial charge >= 0.3 is 6.09 Å². The molecule has 0 aliphatic carbocycles. The molecule has 0 bridgehead atoms. The zero-order chi connectivity index (χ0) is 6.41. The van der Waals surface area contributed by atoms with Gasteiger partial charge in [0.15, 0.2) is 6.73 Å². The fourth-order valence-electron chi connectivity index (χ4n) is 0.118. The minimum atomic E-state index is -0.947. The molecule has 0 aliphatic rings. The molecule has 0 fully saturated rings. The molecule has 0 spiro atoms. The van der Waals surface area contributed by atoms with Crippen LogP contribution < -0.4 is 5.73 Å². The van der Waals surface area contributed by atoms with Crippen LogP contribution in [0.1, 0.15) is 0 Å². The Morgan fingerprint density at radius 1 is 2.00 bits per heavy atom. The molecular weight excluding hydrogens is 112 g/mol. The molecule has 0 rings (SSSR count). The summed E-state index contributed by atoms with van der Waals surface area (Å²) in [5.41, 5.74) is 12.1. The fourth-order valence-corrected chi connectivity index (χ4v) is 0.118. The first-order chi connectivity index (χ1) is 3.77. The van der Waals surface area contributed by atoms with Gasteiger partial charge in [0.25, 0.3) is 0 Å². The number of hydrogen-bond donors (Lipinski definition) is 1. The summed E-state index contributed by atoms with van der Waals surface area (Å²) in [5, 5.41) is 2.87. The number of nitrogens with two attached hydrogens (primary N) is 1. The molecule has 6 nitrogen and oxygen atoms in total. The summed E-state index contributed by atoms with van der Waals surface area (Å²) in [5.74, 6) is 0. The lowest BCUT2D eigenvalue weighted by Gasteiger charge is -1.89. The Balaban J connectivity index is 3.18. The van der Waals surface area contributed by atoms with E-state index >= 15 is 0 Å². The second kappa shape index (κ2) is 3.76. The van der Waals surface area contributed by atoms with Crippen molar-refractivity contribution in [2.45, 2.75) is 0 Å². The topological polar surface area (TPSA) is 101 Å². The highest BCUT2D eigenvalue weighted by Crippen LogP contribution is 1.73. The molecule has 0 atom stereocenters. The van der Waals surface area contributed by atoms with Crippen molar-refractivity contribution in [3.63, 3.8) is 0 Å². The number of hydrogen-bond acceptors (Lipinski definition) is 3. The predicted octanol–water partition coefficient (Wildman–Crippen LogP) is 0.350. The van der Waals surface area contributed by atoms with E-state index in [1.165, 1.54) is 0 Å². The van der Waals surface area contributed by atoms with Gasteiger partial charge in [-0.3, -0.25) is 0 Å². The summed E-state index contributed by atoms with van der Waals surface area (Å²) in [7, 11) is 0. The molecule has 0 aliphatic heterocycles. The van der Waals surface area contributed by atoms with Gasteiger partial charge in [0, 0.05) is 4.91 Å². The first-order valence-corrected chi connectivity index (χ1v) is 1.70. The Kier molecular flexibility index (Phi) is 3.09. The third-order valence-electron chi connectivity index (χ3n) is 0.328. The molecule has 0 heterocycles. The van der Waals surface area contributed by atoms with Gasteiger partial charge in [0.2, 0.25) is 0 Å². The monoisotopic (exact) mass is 116 g/mol. The maximum atomic E-state index is 9.69. The molecule has 0 saturated carbocycles. The smallest absolute Gasteiger partial charge is 0.404 e. The summed E-state index contributed by atoms with van der Waals surface area (Å²) >= 11 is 0. The third-order valence-corrected chi connectivity index (χ3v) is 0.328. The summed E-state index contributed by atoms with van der Waals surface area (Å²) in [6.07, 6.45) is -0.947. The van der Waals surface area contributed by atoms with Gasteiger partial charge in [0.05, 0.1) is 0 Å². The number of rotatable bonds is 2. The van der Waals surface area contributed by atoms with Crippen LogP contribution in [0.2, 0.25) is 0 Å². The van der Waals surface area contributed by atoms with E-state index in [9.17, 15) is 4.79 Å². The molecule has 8 heavy (non-hydrogen) atoms. The Bertz CT molecular complexity index is 124. The van der Waals surface area contributed by atoms with E-state index in [-0.39, 0.29) is 6.73 Å². The molecule has 0 radical (unpaired) electrons. The lowest BCUT2D eigenvalue weighted by atomic mass is 11.2. The summed E-state index contributed by atoms with van der Waals surface area (Å²) in [4.78, 5) is 12.0. The van der Waals surface area contributed by atoms with E-state index in [2.05, 4.69) is 20.5 Å². The van der Waals surface area contributed by atoms with Crippen LogP contribution in [-0.2, 0) is 4.74 Å². The van der Waals surface area contributed by atoms with Crippen LogP contribution in [-0.4, -0.2) is 12.8 Å². The van der Waals surface area contributed by atoms with Crippen LogP contribution in [0.4, 0.5) is 4.79 Å². The first-order valence-electron chi connectivity index (χ1n) is 1.70. The van der Waals surface area contributed by atoms with Crippen molar-refractivity contribution in [1.82, 2.24) is 0 Å². The van der Waals surface area contributed by atoms with Crippen molar-refractivity contribution >= 4 is 6.09 Å². The highest BCUT2D eigenvalue weighted by atomic mass is 16.6. The van der Waals surface area contributed by atoms with Crippen molar-refractivity contribution in [2.24, 2.45) is 10.8 Å². The molecule has 1 amide bonds. The highest BCUT2D eigenvalue weighted by Gasteiger charge is 1.85. The van der Waals surface area contributed by atoms with E-state index in [1.807, 2.05) is 0 Å². The number of amides is 1. The second-order valence-electron chi connectivity index (χ2n) is 0.823. The fraction of sp³-hybridized carbons (Fsp3) is 0.500. The number of primary amides is 1. The Hall–Kier alpha value is -1.42. The SMILES string of the molecule is [N-]=[N+]=NCOC(N)=O. The minimum Gasteiger partial charge on any atom is -0.444 e. The Labute approximate surface area is 44.9 Å². The van der Waals surface area contributed by atoms with E-state index in [0.717, 1.165) is 0 Å². The van der Waals surface area contributed by atoms with Gasteiger partial charge in [-0.25, -0.2) is 4.79 Å². The summed E-state index contributed by atoms with van der Waals surface area (Å²) in [6.45, 7) is -0.341. The van der Waals surface area contributed by atoms with Gasteiger partial charge < -0.3 is 10.5 Å². The highest BCUT2D eigenvalue weighted by molar-refractivity contribution is 5.64. The molecule has 0 aromatic carbocycles. The molecular formula is C2H4N4O2. The molecule has 0 aromatic heterocycles. The molecule has 0 aromatic rings. The molecule has 0 saturated heterocycles. The normalized spacial score (nSPS) is 7.00. The molecule has 44 valence electrons. The lowest BCUT2D eigenvalue weighted by Crippen LogP contribution is -2.12. The number of azide groups is 1. The standard InChI is InChI=1S/C2H4N4O2/c3-2(7)8-1-5-6-4/h1H2,(H2,3,7). The van der Waals surface area contributed by atoms with Gasteiger partial charge in [-0.15, -0.1) is 0 Å². The largest absolute Gasteiger partial charge is 0.444 e. The average Bonchev–Trinajstić information content (AvgIpc) is 1.66. The van der Waals surface area contributed by atoms with Gasteiger partial charge in [-0.05, 0) is 5.53 Å². The van der Waals surface area contributed by atoms with Crippen LogP contribution in [0, 0.1) is 0 Å². The van der Waals surface area contributed by atoms with Crippen LogP contribution in [0.25, 0.3) is 10.4 Å². The number of carbonyl (C=O) groups is 1. The average molecular weight is 116 g/mol. The first kappa shape index (κ1) is 6.58. The summed E-state index contributed by atoms with van der Waals surface area (Å²) in [6, 6.07) is 0. The number of nitrogens with zero attached hydrogens (tertiary/aromatic N) is 3. The zero-order valence-electron chi connectivity index (χ0n) is 3.94. The summed E-state index contributed by atoms with van der Waals surface area (Å²) < 4.78 is 4.00. The minimum absolute atomic E-state index is 0.341. The van der Waals surface area contributed by atoms with Gasteiger partial charge in [-0.2, -0.15) is 0 Å². The van der Waals surface area contributed by atoms with Crippen LogP contribution in [0.5, 0.6) is 0 Å². The Morgan fingerprint density at radius 2 is 2.62 bits per heavy atom. The lowest BCUT2D eigenvalue weighted by molar-refractivity contribution is 0.160. The van der Waals surface area contributed by atoms with Crippen LogP contribution >= 0.6 is 0 Å². The zero-order valence-corrected chi connectivity index (χ0v) is 3.94. The maximum absolute atomic E-state index is 9.69. The predicted molar refractivity (Wildman–Crippen MR) is 24.7 cm³/mol. The van der Waals surface area contributed by atoms with Crippen molar-refractivity contribution < 1.29 is 9.53 Å².